The summed E-state index contributed by atoms with van der Waals surface area (Å²) in [6.45, 7) is 3.06. The monoisotopic (exact) mass is 272 g/mol. The van der Waals surface area contributed by atoms with Gasteiger partial charge in [0.2, 0.25) is 10.0 Å². The lowest BCUT2D eigenvalue weighted by atomic mass is 10.1. The molecule has 6 heteroatoms. The lowest BCUT2D eigenvalue weighted by molar-refractivity contribution is 0.337. The van der Waals surface area contributed by atoms with E-state index in [9.17, 15) is 8.42 Å². The van der Waals surface area contributed by atoms with Gasteiger partial charge in [0.05, 0.1) is 11.1 Å². The molecule has 0 bridgehead atoms. The quantitative estimate of drug-likeness (QED) is 0.848. The van der Waals surface area contributed by atoms with Gasteiger partial charge >= 0.3 is 0 Å². The lowest BCUT2D eigenvalue weighted by Crippen LogP contribution is -2.43. The smallest absolute Gasteiger partial charge is 0.207 e. The third-order valence-electron chi connectivity index (χ3n) is 2.54. The maximum absolute atomic E-state index is 12.2. The molecule has 0 fully saturated rings. The Hall–Kier alpha value is -1.09. The second-order valence-electron chi connectivity index (χ2n) is 4.07. The van der Waals surface area contributed by atoms with E-state index in [1.165, 1.54) is 33.0 Å². The Kier molecular flexibility index (Phi) is 3.82. The SMILES string of the molecule is CN(C(C)(C)C#N)S(=O)(=O)c1ccccc1Cl. The van der Waals surface area contributed by atoms with Crippen LogP contribution < -0.4 is 0 Å². The summed E-state index contributed by atoms with van der Waals surface area (Å²) in [7, 11) is -2.40. The van der Waals surface area contributed by atoms with Crippen molar-refractivity contribution in [3.63, 3.8) is 0 Å². The topological polar surface area (TPSA) is 61.2 Å². The van der Waals surface area contributed by atoms with Gasteiger partial charge in [0.15, 0.2) is 0 Å². The molecule has 0 saturated heterocycles. The number of sulfonamides is 1. The molecular weight excluding hydrogens is 260 g/mol. The normalized spacial score (nSPS) is 12.5. The van der Waals surface area contributed by atoms with E-state index in [1.807, 2.05) is 6.07 Å². The Morgan fingerprint density at radius 1 is 1.35 bits per heavy atom. The van der Waals surface area contributed by atoms with Gasteiger partial charge in [-0.2, -0.15) is 9.57 Å². The van der Waals surface area contributed by atoms with Crippen LogP contribution in [0.4, 0.5) is 0 Å². The van der Waals surface area contributed by atoms with Crippen molar-refractivity contribution in [2.75, 3.05) is 7.05 Å². The summed E-state index contributed by atoms with van der Waals surface area (Å²) in [5.74, 6) is 0. The van der Waals surface area contributed by atoms with Gasteiger partial charge in [-0.3, -0.25) is 0 Å². The van der Waals surface area contributed by atoms with Crippen LogP contribution in [0.1, 0.15) is 13.8 Å². The first kappa shape index (κ1) is 14.0. The Bertz CT molecular complexity index is 561. The first-order valence-corrected chi connectivity index (χ1v) is 6.70. The maximum Gasteiger partial charge on any atom is 0.245 e. The van der Waals surface area contributed by atoms with E-state index >= 15 is 0 Å². The molecule has 0 aliphatic heterocycles. The van der Waals surface area contributed by atoms with Crippen LogP contribution in [0.15, 0.2) is 29.2 Å². The van der Waals surface area contributed by atoms with E-state index in [0.29, 0.717) is 0 Å². The van der Waals surface area contributed by atoms with Gasteiger partial charge < -0.3 is 0 Å². The molecule has 0 aromatic heterocycles. The van der Waals surface area contributed by atoms with Gasteiger partial charge in [-0.15, -0.1) is 0 Å². The van der Waals surface area contributed by atoms with Gasteiger partial charge in [-0.25, -0.2) is 8.42 Å². The first-order valence-electron chi connectivity index (χ1n) is 4.88. The van der Waals surface area contributed by atoms with Crippen LogP contribution in [-0.4, -0.2) is 25.3 Å². The zero-order valence-corrected chi connectivity index (χ0v) is 11.4. The third kappa shape index (κ3) is 2.60. The van der Waals surface area contributed by atoms with Crippen molar-refractivity contribution in [3.8, 4) is 6.07 Å². The molecule has 0 heterocycles. The average Bonchev–Trinajstić information content (AvgIpc) is 2.28. The minimum absolute atomic E-state index is 0.00694. The molecule has 0 atom stereocenters. The highest BCUT2D eigenvalue weighted by Crippen LogP contribution is 2.27. The number of nitrogens with zero attached hydrogens (tertiary/aromatic N) is 2. The number of hydrogen-bond donors (Lipinski definition) is 0. The van der Waals surface area contributed by atoms with Crippen LogP contribution in [0.3, 0.4) is 0 Å². The largest absolute Gasteiger partial charge is 0.245 e. The van der Waals surface area contributed by atoms with Gasteiger partial charge in [0, 0.05) is 7.05 Å². The predicted molar refractivity (Wildman–Crippen MR) is 66.1 cm³/mol. The molecule has 92 valence electrons. The Balaban J connectivity index is 3.33. The van der Waals surface area contributed by atoms with Crippen LogP contribution >= 0.6 is 11.6 Å². The highest BCUT2D eigenvalue weighted by Gasteiger charge is 2.35. The average molecular weight is 273 g/mol. The van der Waals surface area contributed by atoms with Crippen LogP contribution in [0.2, 0.25) is 5.02 Å². The molecule has 17 heavy (non-hydrogen) atoms. The Labute approximate surface area is 106 Å². The second-order valence-corrected chi connectivity index (χ2v) is 6.42. The van der Waals surface area contributed by atoms with Crippen molar-refractivity contribution < 1.29 is 8.42 Å². The van der Waals surface area contributed by atoms with E-state index in [1.54, 1.807) is 12.1 Å². The van der Waals surface area contributed by atoms with Crippen molar-refractivity contribution in [3.05, 3.63) is 29.3 Å². The molecule has 0 unspecified atom stereocenters. The standard InChI is InChI=1S/C11H13ClN2O2S/c1-11(2,8-13)14(3)17(15,16)10-7-5-4-6-9(10)12/h4-7H,1-3H3. The van der Waals surface area contributed by atoms with Crippen LogP contribution in [-0.2, 0) is 10.0 Å². The maximum atomic E-state index is 12.2. The summed E-state index contributed by atoms with van der Waals surface area (Å²) in [4.78, 5) is 0.00694. The highest BCUT2D eigenvalue weighted by atomic mass is 35.5. The first-order chi connectivity index (χ1) is 7.73. The summed E-state index contributed by atoms with van der Waals surface area (Å²) < 4.78 is 25.5. The number of rotatable bonds is 3. The fourth-order valence-electron chi connectivity index (χ4n) is 1.17. The van der Waals surface area contributed by atoms with Crippen LogP contribution in [0.25, 0.3) is 0 Å². The number of halogens is 1. The Morgan fingerprint density at radius 2 is 1.88 bits per heavy atom. The molecule has 4 nitrogen and oxygen atoms in total. The minimum Gasteiger partial charge on any atom is -0.207 e. The molecule has 1 aromatic rings. The molecular formula is C11H13ClN2O2S. The van der Waals surface area contributed by atoms with Crippen LogP contribution in [0, 0.1) is 11.3 Å². The molecule has 0 spiro atoms. The highest BCUT2D eigenvalue weighted by molar-refractivity contribution is 7.89. The summed E-state index contributed by atoms with van der Waals surface area (Å²) in [6, 6.07) is 8.10. The minimum atomic E-state index is -3.76. The van der Waals surface area contributed by atoms with E-state index in [-0.39, 0.29) is 9.92 Å². The molecule has 0 N–H and O–H groups in total. The number of nitriles is 1. The van der Waals surface area contributed by atoms with Crippen molar-refractivity contribution >= 4 is 21.6 Å². The zero-order chi connectivity index (χ0) is 13.3. The fraction of sp³-hybridized carbons (Fsp3) is 0.364. The Morgan fingerprint density at radius 3 is 2.35 bits per heavy atom. The van der Waals surface area contributed by atoms with E-state index in [2.05, 4.69) is 0 Å². The van der Waals surface area contributed by atoms with Crippen LogP contribution in [0.5, 0.6) is 0 Å². The second kappa shape index (κ2) is 4.65. The van der Waals surface area contributed by atoms with E-state index in [4.69, 9.17) is 16.9 Å². The third-order valence-corrected chi connectivity index (χ3v) is 5.07. The van der Waals surface area contributed by atoms with Gasteiger partial charge in [-0.05, 0) is 26.0 Å². The van der Waals surface area contributed by atoms with Crippen molar-refractivity contribution in [2.24, 2.45) is 0 Å². The van der Waals surface area contributed by atoms with E-state index < -0.39 is 15.6 Å². The van der Waals surface area contributed by atoms with Gasteiger partial charge in [-0.1, -0.05) is 23.7 Å². The molecule has 1 aromatic carbocycles. The summed E-state index contributed by atoms with van der Waals surface area (Å²) in [5.41, 5.74) is -1.13. The molecule has 0 radical (unpaired) electrons. The summed E-state index contributed by atoms with van der Waals surface area (Å²) >= 11 is 5.86. The summed E-state index contributed by atoms with van der Waals surface area (Å²) in [5, 5.41) is 9.10. The molecule has 0 aliphatic carbocycles. The van der Waals surface area contributed by atoms with Crippen molar-refractivity contribution in [1.29, 1.82) is 5.26 Å². The van der Waals surface area contributed by atoms with Gasteiger partial charge in [0.1, 0.15) is 10.4 Å². The molecule has 0 aliphatic rings. The predicted octanol–water partition coefficient (Wildman–Crippen LogP) is 2.26. The van der Waals surface area contributed by atoms with Gasteiger partial charge in [0.25, 0.3) is 0 Å². The molecule has 1 rings (SSSR count). The van der Waals surface area contributed by atoms with Crippen molar-refractivity contribution in [2.45, 2.75) is 24.3 Å². The molecule has 0 amide bonds. The summed E-state index contributed by atoms with van der Waals surface area (Å²) in [6.07, 6.45) is 0. The van der Waals surface area contributed by atoms with E-state index in [0.717, 1.165) is 4.31 Å². The zero-order valence-electron chi connectivity index (χ0n) is 9.81. The number of benzene rings is 1. The van der Waals surface area contributed by atoms with Crippen molar-refractivity contribution in [1.82, 2.24) is 4.31 Å². The fourth-order valence-corrected chi connectivity index (χ4v) is 3.10. The lowest BCUT2D eigenvalue weighted by Gasteiger charge is -2.28. The number of hydrogen-bond acceptors (Lipinski definition) is 3. The molecule has 0 saturated carbocycles.